The third-order valence-electron chi connectivity index (χ3n) is 3.88. The normalized spacial score (nSPS) is 20.8. The summed E-state index contributed by atoms with van der Waals surface area (Å²) >= 11 is 0. The molecule has 0 radical (unpaired) electrons. The van der Waals surface area contributed by atoms with E-state index in [2.05, 4.69) is 23.0 Å². The van der Waals surface area contributed by atoms with Crippen molar-refractivity contribution in [3.05, 3.63) is 30.2 Å². The van der Waals surface area contributed by atoms with Crippen LogP contribution in [0.25, 0.3) is 5.65 Å². The predicted octanol–water partition coefficient (Wildman–Crippen LogP) is 1.80. The highest BCUT2D eigenvalue weighted by molar-refractivity contribution is 5.64. The Kier molecular flexibility index (Phi) is 2.96. The molecule has 18 heavy (non-hydrogen) atoms. The average molecular weight is 244 g/mol. The van der Waals surface area contributed by atoms with Gasteiger partial charge in [0.25, 0.3) is 0 Å². The summed E-state index contributed by atoms with van der Waals surface area (Å²) in [4.78, 5) is 7.15. The van der Waals surface area contributed by atoms with E-state index >= 15 is 0 Å². The van der Waals surface area contributed by atoms with Crippen LogP contribution in [0.5, 0.6) is 0 Å². The van der Waals surface area contributed by atoms with Gasteiger partial charge >= 0.3 is 0 Å². The van der Waals surface area contributed by atoms with E-state index in [9.17, 15) is 0 Å². The molecular formula is C14H20N4. The summed E-state index contributed by atoms with van der Waals surface area (Å²) in [5, 5.41) is 0. The maximum absolute atomic E-state index is 5.93. The van der Waals surface area contributed by atoms with Gasteiger partial charge in [-0.15, -0.1) is 0 Å². The van der Waals surface area contributed by atoms with Gasteiger partial charge < -0.3 is 15.0 Å². The second kappa shape index (κ2) is 4.61. The van der Waals surface area contributed by atoms with Crippen molar-refractivity contribution in [2.75, 3.05) is 25.4 Å². The van der Waals surface area contributed by atoms with Gasteiger partial charge in [-0.25, -0.2) is 4.98 Å². The Morgan fingerprint density at radius 1 is 1.50 bits per heavy atom. The fourth-order valence-electron chi connectivity index (χ4n) is 2.85. The standard InChI is InChI=1S/C14H20N4/c1-2-17-7-5-11(9-17)8-12-10-18-6-3-4-13(15)14(18)16-12/h3-4,6,10-11H,2,5,7-9,15H2,1H3. The number of pyridine rings is 1. The number of hydrogen-bond acceptors (Lipinski definition) is 3. The number of hydrogen-bond donors (Lipinski definition) is 1. The van der Waals surface area contributed by atoms with Crippen molar-refractivity contribution < 1.29 is 0 Å². The van der Waals surface area contributed by atoms with E-state index in [0.29, 0.717) is 0 Å². The third-order valence-corrected chi connectivity index (χ3v) is 3.88. The minimum absolute atomic E-state index is 0.746. The molecule has 0 aromatic carbocycles. The summed E-state index contributed by atoms with van der Waals surface area (Å²) < 4.78 is 2.03. The topological polar surface area (TPSA) is 46.6 Å². The first-order chi connectivity index (χ1) is 8.76. The molecule has 2 aromatic rings. The van der Waals surface area contributed by atoms with Gasteiger partial charge in [0.1, 0.15) is 0 Å². The molecule has 0 saturated carbocycles. The molecule has 1 aliphatic heterocycles. The third kappa shape index (κ3) is 2.08. The van der Waals surface area contributed by atoms with Crippen molar-refractivity contribution in [2.24, 2.45) is 5.92 Å². The molecule has 0 amide bonds. The van der Waals surface area contributed by atoms with Gasteiger partial charge in [-0.05, 0) is 44.0 Å². The number of aromatic nitrogens is 2. The van der Waals surface area contributed by atoms with E-state index < -0.39 is 0 Å². The van der Waals surface area contributed by atoms with Gasteiger partial charge in [0.05, 0.1) is 11.4 Å². The van der Waals surface area contributed by atoms with Crippen LogP contribution in [-0.2, 0) is 6.42 Å². The van der Waals surface area contributed by atoms with Crippen LogP contribution in [0.15, 0.2) is 24.5 Å². The molecule has 0 aliphatic carbocycles. The molecule has 3 rings (SSSR count). The first-order valence-electron chi connectivity index (χ1n) is 6.70. The first kappa shape index (κ1) is 11.5. The van der Waals surface area contributed by atoms with E-state index in [1.165, 1.54) is 19.5 Å². The van der Waals surface area contributed by atoms with E-state index in [1.54, 1.807) is 0 Å². The van der Waals surface area contributed by atoms with Gasteiger partial charge in [-0.3, -0.25) is 0 Å². The Labute approximate surface area is 107 Å². The van der Waals surface area contributed by atoms with Crippen LogP contribution < -0.4 is 5.73 Å². The summed E-state index contributed by atoms with van der Waals surface area (Å²) in [6.07, 6.45) is 6.48. The van der Waals surface area contributed by atoms with Crippen molar-refractivity contribution in [1.29, 1.82) is 0 Å². The minimum Gasteiger partial charge on any atom is -0.396 e. The van der Waals surface area contributed by atoms with Crippen LogP contribution in [-0.4, -0.2) is 33.9 Å². The fraction of sp³-hybridized carbons (Fsp3) is 0.500. The number of nitrogens with zero attached hydrogens (tertiary/aromatic N) is 3. The maximum Gasteiger partial charge on any atom is 0.160 e. The van der Waals surface area contributed by atoms with Gasteiger partial charge in [-0.2, -0.15) is 0 Å². The predicted molar refractivity (Wildman–Crippen MR) is 73.5 cm³/mol. The lowest BCUT2D eigenvalue weighted by atomic mass is 10.0. The van der Waals surface area contributed by atoms with Crippen LogP contribution in [0.1, 0.15) is 19.0 Å². The van der Waals surface area contributed by atoms with Crippen molar-refractivity contribution in [2.45, 2.75) is 19.8 Å². The summed E-state index contributed by atoms with van der Waals surface area (Å²) in [5.74, 6) is 0.746. The number of imidazole rings is 1. The molecule has 4 nitrogen and oxygen atoms in total. The Hall–Kier alpha value is -1.55. The van der Waals surface area contributed by atoms with E-state index in [-0.39, 0.29) is 0 Å². The fourth-order valence-corrected chi connectivity index (χ4v) is 2.85. The Balaban J connectivity index is 1.77. The number of nitrogen functional groups attached to an aromatic ring is 1. The Bertz CT molecular complexity index is 546. The van der Waals surface area contributed by atoms with Gasteiger partial charge in [0.2, 0.25) is 0 Å². The van der Waals surface area contributed by atoms with E-state index in [4.69, 9.17) is 5.73 Å². The highest BCUT2D eigenvalue weighted by Gasteiger charge is 2.22. The summed E-state index contributed by atoms with van der Waals surface area (Å²) in [7, 11) is 0. The molecule has 1 aliphatic rings. The Morgan fingerprint density at radius 3 is 3.11 bits per heavy atom. The molecule has 0 spiro atoms. The summed E-state index contributed by atoms with van der Waals surface area (Å²) in [5.41, 5.74) is 8.73. The zero-order valence-electron chi connectivity index (χ0n) is 10.8. The molecule has 4 heteroatoms. The smallest absolute Gasteiger partial charge is 0.160 e. The molecule has 1 atom stereocenters. The molecule has 3 heterocycles. The van der Waals surface area contributed by atoms with Crippen molar-refractivity contribution in [3.8, 4) is 0 Å². The van der Waals surface area contributed by atoms with Crippen LogP contribution in [0, 0.1) is 5.92 Å². The van der Waals surface area contributed by atoms with Gasteiger partial charge in [0.15, 0.2) is 5.65 Å². The SMILES string of the molecule is CCN1CCC(Cc2cn3cccc(N)c3n2)C1. The van der Waals surface area contributed by atoms with Crippen LogP contribution >= 0.6 is 0 Å². The molecule has 1 saturated heterocycles. The van der Waals surface area contributed by atoms with E-state index in [1.807, 2.05) is 22.7 Å². The molecule has 0 bridgehead atoms. The lowest BCUT2D eigenvalue weighted by molar-refractivity contribution is 0.341. The van der Waals surface area contributed by atoms with Gasteiger partial charge in [0, 0.05) is 18.9 Å². The molecular weight excluding hydrogens is 224 g/mol. The molecule has 1 unspecified atom stereocenters. The summed E-state index contributed by atoms with van der Waals surface area (Å²) in [6.45, 7) is 5.83. The maximum atomic E-state index is 5.93. The van der Waals surface area contributed by atoms with Gasteiger partial charge in [-0.1, -0.05) is 6.92 Å². The van der Waals surface area contributed by atoms with Crippen LogP contribution in [0.4, 0.5) is 5.69 Å². The summed E-state index contributed by atoms with van der Waals surface area (Å²) in [6, 6.07) is 3.86. The zero-order valence-corrected chi connectivity index (χ0v) is 10.8. The Morgan fingerprint density at radius 2 is 2.39 bits per heavy atom. The second-order valence-corrected chi connectivity index (χ2v) is 5.18. The van der Waals surface area contributed by atoms with Crippen molar-refractivity contribution >= 4 is 11.3 Å². The molecule has 96 valence electrons. The van der Waals surface area contributed by atoms with Crippen molar-refractivity contribution in [3.63, 3.8) is 0 Å². The monoisotopic (exact) mass is 244 g/mol. The average Bonchev–Trinajstić information content (AvgIpc) is 2.96. The lowest BCUT2D eigenvalue weighted by Crippen LogP contribution is -2.20. The quantitative estimate of drug-likeness (QED) is 0.895. The van der Waals surface area contributed by atoms with Crippen LogP contribution in [0.2, 0.25) is 0 Å². The van der Waals surface area contributed by atoms with Crippen molar-refractivity contribution in [1.82, 2.24) is 14.3 Å². The van der Waals surface area contributed by atoms with E-state index in [0.717, 1.165) is 35.9 Å². The lowest BCUT2D eigenvalue weighted by Gasteiger charge is -2.11. The second-order valence-electron chi connectivity index (χ2n) is 5.18. The zero-order chi connectivity index (χ0) is 12.5. The number of likely N-dealkylation sites (tertiary alicyclic amines) is 1. The minimum atomic E-state index is 0.746. The number of rotatable bonds is 3. The molecule has 2 N–H and O–H groups in total. The molecule has 2 aromatic heterocycles. The highest BCUT2D eigenvalue weighted by atomic mass is 15.1. The first-order valence-corrected chi connectivity index (χ1v) is 6.70. The largest absolute Gasteiger partial charge is 0.396 e. The van der Waals surface area contributed by atoms with Crippen LogP contribution in [0.3, 0.4) is 0 Å². The number of nitrogens with two attached hydrogens (primary N) is 1. The highest BCUT2D eigenvalue weighted by Crippen LogP contribution is 2.21. The number of fused-ring (bicyclic) bond motifs is 1. The molecule has 1 fully saturated rings. The number of anilines is 1.